The number of halogens is 1. The molecular weight excluding hydrogens is 716 g/mol. The summed E-state index contributed by atoms with van der Waals surface area (Å²) in [6, 6.07) is 23.6. The SMILES string of the molecule is COc1ccc(CN2Cc3sc(NC4CCCCO4)c(C(=O)O)c3CC2CNC(=O)c2cc(-c3ccc(C)cc3)nc3ccc(Br)cc23)cc1. The molecule has 1 fully saturated rings. The minimum absolute atomic E-state index is 0.156. The summed E-state index contributed by atoms with van der Waals surface area (Å²) in [4.78, 5) is 35.1. The Bertz CT molecular complexity index is 2030. The molecule has 3 N–H and O–H groups in total. The van der Waals surface area contributed by atoms with Gasteiger partial charge < -0.3 is 25.2 Å². The molecular formula is C39H39BrN4O5S. The van der Waals surface area contributed by atoms with Crippen LogP contribution in [0.2, 0.25) is 0 Å². The van der Waals surface area contributed by atoms with Gasteiger partial charge in [-0.05, 0) is 80.1 Å². The molecule has 5 aromatic rings. The molecule has 2 atom stereocenters. The number of pyridine rings is 1. The number of carboxylic acid groups (broad SMARTS) is 1. The number of carboxylic acids is 1. The summed E-state index contributed by atoms with van der Waals surface area (Å²) in [5.41, 5.74) is 6.30. The molecule has 2 aromatic heterocycles. The molecule has 2 aliphatic rings. The molecule has 2 aliphatic heterocycles. The molecule has 7 rings (SSSR count). The summed E-state index contributed by atoms with van der Waals surface area (Å²) in [6.45, 7) is 4.22. The molecule has 0 spiro atoms. The second kappa shape index (κ2) is 14.9. The number of carbonyl (C=O) groups excluding carboxylic acids is 1. The van der Waals surface area contributed by atoms with Crippen molar-refractivity contribution in [3.63, 3.8) is 0 Å². The number of anilines is 1. The quantitative estimate of drug-likeness (QED) is 0.131. The van der Waals surface area contributed by atoms with Crippen LogP contribution in [0.25, 0.3) is 22.2 Å². The standard InChI is InChI=1S/C39H39BrN4O5S/c1-23-6-10-25(11-7-23)33-19-30(29-17-26(40)12-15-32(29)42-33)37(45)41-20-27-18-31-34(22-44(27)21-24-8-13-28(48-2)14-9-24)50-38(36(31)39(46)47)43-35-5-3-4-16-49-35/h6-15,17,19,27,35,43H,3-5,16,18,20-22H2,1-2H3,(H,41,45)(H,46,47). The zero-order valence-electron chi connectivity index (χ0n) is 28.0. The molecule has 1 amide bonds. The van der Waals surface area contributed by atoms with Crippen LogP contribution in [0.3, 0.4) is 0 Å². The zero-order chi connectivity index (χ0) is 34.8. The van der Waals surface area contributed by atoms with Crippen molar-refractivity contribution in [2.24, 2.45) is 0 Å². The van der Waals surface area contributed by atoms with Gasteiger partial charge in [0.25, 0.3) is 5.91 Å². The van der Waals surface area contributed by atoms with Crippen molar-refractivity contribution >= 4 is 55.0 Å². The van der Waals surface area contributed by atoms with Crippen LogP contribution in [-0.2, 0) is 24.2 Å². The first-order chi connectivity index (χ1) is 24.2. The Morgan fingerprint density at radius 1 is 1.08 bits per heavy atom. The van der Waals surface area contributed by atoms with E-state index in [0.29, 0.717) is 48.8 Å². The molecule has 50 heavy (non-hydrogen) atoms. The second-order valence-electron chi connectivity index (χ2n) is 12.9. The van der Waals surface area contributed by atoms with E-state index in [0.717, 1.165) is 73.2 Å². The van der Waals surface area contributed by atoms with Gasteiger partial charge in [0.2, 0.25) is 0 Å². The van der Waals surface area contributed by atoms with Crippen LogP contribution in [0.4, 0.5) is 5.00 Å². The van der Waals surface area contributed by atoms with Gasteiger partial charge in [-0.1, -0.05) is 57.9 Å². The van der Waals surface area contributed by atoms with Crippen LogP contribution in [-0.4, -0.2) is 59.4 Å². The number of nitrogens with one attached hydrogen (secondary N) is 2. The number of hydrogen-bond donors (Lipinski definition) is 3. The first-order valence-electron chi connectivity index (χ1n) is 16.8. The maximum atomic E-state index is 14.1. The highest BCUT2D eigenvalue weighted by molar-refractivity contribution is 9.10. The molecule has 258 valence electrons. The number of aromatic carboxylic acids is 1. The molecule has 2 unspecified atom stereocenters. The average Bonchev–Trinajstić information content (AvgIpc) is 3.47. The number of thiophene rings is 1. The highest BCUT2D eigenvalue weighted by atomic mass is 79.9. The van der Waals surface area contributed by atoms with E-state index in [-0.39, 0.29) is 18.2 Å². The van der Waals surface area contributed by atoms with E-state index in [1.807, 2.05) is 79.7 Å². The first kappa shape index (κ1) is 34.2. The lowest BCUT2D eigenvalue weighted by Gasteiger charge is -2.36. The number of carbonyl (C=O) groups is 2. The number of aryl methyl sites for hydroxylation is 1. The third-order valence-electron chi connectivity index (χ3n) is 9.48. The van der Waals surface area contributed by atoms with E-state index in [4.69, 9.17) is 14.5 Å². The number of methoxy groups -OCH3 is 1. The Morgan fingerprint density at radius 3 is 2.60 bits per heavy atom. The number of aromatic nitrogens is 1. The maximum Gasteiger partial charge on any atom is 0.338 e. The van der Waals surface area contributed by atoms with E-state index < -0.39 is 5.97 Å². The van der Waals surface area contributed by atoms with Crippen molar-refractivity contribution in [3.05, 3.63) is 110 Å². The van der Waals surface area contributed by atoms with E-state index in [9.17, 15) is 14.7 Å². The van der Waals surface area contributed by atoms with Crippen molar-refractivity contribution in [3.8, 4) is 17.0 Å². The number of amides is 1. The van der Waals surface area contributed by atoms with E-state index in [2.05, 4.69) is 31.5 Å². The van der Waals surface area contributed by atoms with Crippen molar-refractivity contribution in [2.45, 2.75) is 58.0 Å². The molecule has 11 heteroatoms. The molecule has 0 bridgehead atoms. The van der Waals surface area contributed by atoms with Crippen LogP contribution >= 0.6 is 27.3 Å². The summed E-state index contributed by atoms with van der Waals surface area (Å²) in [6.07, 6.45) is 3.17. The third kappa shape index (κ3) is 7.41. The van der Waals surface area contributed by atoms with Crippen LogP contribution in [0.5, 0.6) is 5.75 Å². The van der Waals surface area contributed by atoms with Crippen molar-refractivity contribution < 1.29 is 24.2 Å². The summed E-state index contributed by atoms with van der Waals surface area (Å²) in [5.74, 6) is -0.381. The minimum atomic E-state index is -0.954. The zero-order valence-corrected chi connectivity index (χ0v) is 30.4. The van der Waals surface area contributed by atoms with Gasteiger partial charge in [-0.2, -0.15) is 0 Å². The first-order valence-corrected chi connectivity index (χ1v) is 18.4. The lowest BCUT2D eigenvalue weighted by molar-refractivity contribution is 0.0344. The van der Waals surface area contributed by atoms with Crippen LogP contribution in [0.15, 0.2) is 77.3 Å². The molecule has 4 heterocycles. The summed E-state index contributed by atoms with van der Waals surface area (Å²) in [5, 5.41) is 18.4. The molecule has 0 radical (unpaired) electrons. The average molecular weight is 756 g/mol. The molecule has 0 saturated carbocycles. The van der Waals surface area contributed by atoms with E-state index >= 15 is 0 Å². The van der Waals surface area contributed by atoms with Gasteiger partial charge in [0.05, 0.1) is 29.4 Å². The van der Waals surface area contributed by atoms with Crippen molar-refractivity contribution in [2.75, 3.05) is 25.6 Å². The molecule has 0 aliphatic carbocycles. The Morgan fingerprint density at radius 2 is 1.88 bits per heavy atom. The number of nitrogens with zero attached hydrogens (tertiary/aromatic N) is 2. The molecule has 1 saturated heterocycles. The van der Waals surface area contributed by atoms with Crippen LogP contribution in [0.1, 0.15) is 61.5 Å². The molecule has 3 aromatic carbocycles. The predicted molar refractivity (Wildman–Crippen MR) is 200 cm³/mol. The van der Waals surface area contributed by atoms with Gasteiger partial charge in [-0.3, -0.25) is 9.69 Å². The largest absolute Gasteiger partial charge is 0.497 e. The predicted octanol–water partition coefficient (Wildman–Crippen LogP) is 8.04. The normalized spacial score (nSPS) is 17.7. The fourth-order valence-electron chi connectivity index (χ4n) is 6.78. The fourth-order valence-corrected chi connectivity index (χ4v) is 8.43. The van der Waals surface area contributed by atoms with Crippen LogP contribution in [0, 0.1) is 6.92 Å². The monoisotopic (exact) mass is 754 g/mol. The van der Waals surface area contributed by atoms with Crippen molar-refractivity contribution in [1.82, 2.24) is 15.2 Å². The van der Waals surface area contributed by atoms with Gasteiger partial charge in [0.15, 0.2) is 0 Å². The van der Waals surface area contributed by atoms with Crippen molar-refractivity contribution in [1.29, 1.82) is 0 Å². The Balaban J connectivity index is 1.19. The van der Waals surface area contributed by atoms with Gasteiger partial charge in [-0.25, -0.2) is 9.78 Å². The number of rotatable bonds is 10. The fraction of sp³-hybridized carbons (Fsp3) is 0.308. The van der Waals surface area contributed by atoms with Gasteiger partial charge in [0, 0.05) is 52.6 Å². The minimum Gasteiger partial charge on any atom is -0.497 e. The van der Waals surface area contributed by atoms with E-state index in [1.165, 1.54) is 11.3 Å². The number of benzene rings is 3. The highest BCUT2D eigenvalue weighted by Gasteiger charge is 2.34. The third-order valence-corrected chi connectivity index (χ3v) is 11.1. The van der Waals surface area contributed by atoms with E-state index in [1.54, 1.807) is 7.11 Å². The smallest absolute Gasteiger partial charge is 0.338 e. The lowest BCUT2D eigenvalue weighted by Crippen LogP contribution is -2.47. The summed E-state index contributed by atoms with van der Waals surface area (Å²) < 4.78 is 12.1. The van der Waals surface area contributed by atoms with Gasteiger partial charge in [0.1, 0.15) is 17.0 Å². The number of ether oxygens (including phenoxy) is 2. The topological polar surface area (TPSA) is 113 Å². The Kier molecular flexibility index (Phi) is 10.2. The Labute approximate surface area is 303 Å². The lowest BCUT2D eigenvalue weighted by atomic mass is 9.95. The highest BCUT2D eigenvalue weighted by Crippen LogP contribution is 2.40. The van der Waals surface area contributed by atoms with Crippen LogP contribution < -0.4 is 15.4 Å². The summed E-state index contributed by atoms with van der Waals surface area (Å²) >= 11 is 5.07. The Hall–Kier alpha value is -4.29. The maximum absolute atomic E-state index is 14.1. The molecule has 9 nitrogen and oxygen atoms in total. The number of hydrogen-bond acceptors (Lipinski definition) is 8. The summed E-state index contributed by atoms with van der Waals surface area (Å²) in [7, 11) is 1.65. The van der Waals surface area contributed by atoms with Gasteiger partial charge in [-0.15, -0.1) is 11.3 Å². The van der Waals surface area contributed by atoms with Gasteiger partial charge >= 0.3 is 5.97 Å². The second-order valence-corrected chi connectivity index (χ2v) is 14.9. The number of fused-ring (bicyclic) bond motifs is 2.